The molecule has 0 aromatic heterocycles. The van der Waals surface area contributed by atoms with Crippen molar-refractivity contribution >= 4 is 23.3 Å². The van der Waals surface area contributed by atoms with Crippen molar-refractivity contribution in [1.82, 2.24) is 5.32 Å². The molecule has 0 aliphatic carbocycles. The summed E-state index contributed by atoms with van der Waals surface area (Å²) in [5.74, 6) is -2.82. The number of carbonyl (C=O) groups excluding carboxylic acids is 3. The highest BCUT2D eigenvalue weighted by molar-refractivity contribution is 6.52. The summed E-state index contributed by atoms with van der Waals surface area (Å²) >= 11 is 0. The van der Waals surface area contributed by atoms with E-state index in [1.54, 1.807) is 0 Å². The highest BCUT2D eigenvalue weighted by Gasteiger charge is 2.36. The van der Waals surface area contributed by atoms with Crippen molar-refractivity contribution in [2.45, 2.75) is 0 Å². The van der Waals surface area contributed by atoms with Crippen molar-refractivity contribution in [2.24, 2.45) is 0 Å². The maximum atomic E-state index is 13.0. The van der Waals surface area contributed by atoms with Gasteiger partial charge in [0, 0.05) is 6.54 Å². The molecule has 0 saturated heterocycles. The summed E-state index contributed by atoms with van der Waals surface area (Å²) in [5, 5.41) is 10.9. The number of amides is 2. The minimum absolute atomic E-state index is 0.0417. The molecule has 0 spiro atoms. The number of nitrogens with one attached hydrogen (secondary N) is 1. The standard InChI is InChI=1S/C12H11FN2O4/c13-7-1-2-9-8(5-7)11(18)12(19)15(9)6-10(17)14-3-4-16/h1-2,5,16H,3-4,6H2,(H,14,17). The van der Waals surface area contributed by atoms with Crippen molar-refractivity contribution < 1.29 is 23.9 Å². The predicted octanol–water partition coefficient (Wildman–Crippen LogP) is -0.537. The van der Waals surface area contributed by atoms with Crippen LogP contribution in [-0.2, 0) is 9.59 Å². The molecule has 1 aliphatic rings. The van der Waals surface area contributed by atoms with Crippen LogP contribution in [-0.4, -0.2) is 42.4 Å². The SMILES string of the molecule is O=C(CN1C(=O)C(=O)c2cc(F)ccc21)NCCO. The lowest BCUT2D eigenvalue weighted by Gasteiger charge is -2.15. The maximum Gasteiger partial charge on any atom is 0.299 e. The van der Waals surface area contributed by atoms with Gasteiger partial charge in [-0.3, -0.25) is 19.3 Å². The number of carbonyl (C=O) groups is 3. The van der Waals surface area contributed by atoms with E-state index in [0.717, 1.165) is 17.0 Å². The molecule has 100 valence electrons. The van der Waals surface area contributed by atoms with E-state index in [0.29, 0.717) is 0 Å². The van der Waals surface area contributed by atoms with Gasteiger partial charge in [-0.15, -0.1) is 0 Å². The summed E-state index contributed by atoms with van der Waals surface area (Å²) in [6.07, 6.45) is 0. The molecule has 19 heavy (non-hydrogen) atoms. The molecule has 2 amide bonds. The number of Topliss-reactive ketones (excluding diaryl/α,β-unsaturated/α-hetero) is 1. The van der Waals surface area contributed by atoms with Crippen LogP contribution >= 0.6 is 0 Å². The number of anilines is 1. The van der Waals surface area contributed by atoms with Crippen LogP contribution in [0.25, 0.3) is 0 Å². The van der Waals surface area contributed by atoms with Crippen LogP contribution < -0.4 is 10.2 Å². The Morgan fingerprint density at radius 2 is 2.11 bits per heavy atom. The molecule has 1 aromatic carbocycles. The van der Waals surface area contributed by atoms with Crippen LogP contribution in [0.1, 0.15) is 10.4 Å². The number of halogens is 1. The van der Waals surface area contributed by atoms with Gasteiger partial charge in [0.15, 0.2) is 0 Å². The predicted molar refractivity (Wildman–Crippen MR) is 63.2 cm³/mol. The summed E-state index contributed by atoms with van der Waals surface area (Å²) in [6.45, 7) is -0.505. The number of nitrogens with zero attached hydrogens (tertiary/aromatic N) is 1. The zero-order valence-electron chi connectivity index (χ0n) is 9.85. The average molecular weight is 266 g/mol. The lowest BCUT2D eigenvalue weighted by molar-refractivity contribution is -0.122. The van der Waals surface area contributed by atoms with Gasteiger partial charge in [-0.1, -0.05) is 0 Å². The zero-order valence-corrected chi connectivity index (χ0v) is 9.85. The zero-order chi connectivity index (χ0) is 14.0. The Kier molecular flexibility index (Phi) is 3.57. The van der Waals surface area contributed by atoms with E-state index in [-0.39, 0.29) is 30.9 Å². The van der Waals surface area contributed by atoms with Gasteiger partial charge < -0.3 is 10.4 Å². The van der Waals surface area contributed by atoms with Crippen molar-refractivity contribution in [3.05, 3.63) is 29.6 Å². The number of ketones is 1. The second-order valence-corrected chi connectivity index (χ2v) is 3.96. The van der Waals surface area contributed by atoms with E-state index in [9.17, 15) is 18.8 Å². The highest BCUT2D eigenvalue weighted by Crippen LogP contribution is 2.29. The van der Waals surface area contributed by atoms with Gasteiger partial charge in [0.05, 0.1) is 17.9 Å². The van der Waals surface area contributed by atoms with Crippen LogP contribution in [0.5, 0.6) is 0 Å². The van der Waals surface area contributed by atoms with Crippen LogP contribution in [0.4, 0.5) is 10.1 Å². The first kappa shape index (κ1) is 13.2. The summed E-state index contributed by atoms with van der Waals surface area (Å²) in [7, 11) is 0. The Morgan fingerprint density at radius 1 is 1.37 bits per heavy atom. The summed E-state index contributed by atoms with van der Waals surface area (Å²) < 4.78 is 13.0. The third kappa shape index (κ3) is 2.45. The summed E-state index contributed by atoms with van der Waals surface area (Å²) in [5.41, 5.74) is 0.176. The molecule has 0 unspecified atom stereocenters. The van der Waals surface area contributed by atoms with Crippen molar-refractivity contribution in [3.63, 3.8) is 0 Å². The van der Waals surface area contributed by atoms with Crippen LogP contribution in [0.3, 0.4) is 0 Å². The third-order valence-corrected chi connectivity index (χ3v) is 2.67. The fourth-order valence-electron chi connectivity index (χ4n) is 1.82. The van der Waals surface area contributed by atoms with E-state index in [2.05, 4.69) is 5.32 Å². The lowest BCUT2D eigenvalue weighted by atomic mass is 10.1. The van der Waals surface area contributed by atoms with E-state index < -0.39 is 23.4 Å². The smallest absolute Gasteiger partial charge is 0.299 e. The van der Waals surface area contributed by atoms with Crippen molar-refractivity contribution in [1.29, 1.82) is 0 Å². The first-order valence-corrected chi connectivity index (χ1v) is 5.58. The van der Waals surface area contributed by atoms with Crippen LogP contribution in [0.2, 0.25) is 0 Å². The molecule has 0 saturated carbocycles. The number of aliphatic hydroxyl groups excluding tert-OH is 1. The quantitative estimate of drug-likeness (QED) is 0.717. The topological polar surface area (TPSA) is 86.7 Å². The Hall–Kier alpha value is -2.28. The second kappa shape index (κ2) is 5.15. The van der Waals surface area contributed by atoms with Gasteiger partial charge in [-0.05, 0) is 18.2 Å². The molecular weight excluding hydrogens is 255 g/mol. The van der Waals surface area contributed by atoms with Gasteiger partial charge in [0.1, 0.15) is 12.4 Å². The molecule has 0 atom stereocenters. The molecule has 1 heterocycles. The van der Waals surface area contributed by atoms with E-state index in [1.807, 2.05) is 0 Å². The average Bonchev–Trinajstić information content (AvgIpc) is 2.61. The van der Waals surface area contributed by atoms with E-state index in [4.69, 9.17) is 5.11 Å². The van der Waals surface area contributed by atoms with E-state index in [1.165, 1.54) is 6.07 Å². The minimum Gasteiger partial charge on any atom is -0.395 e. The van der Waals surface area contributed by atoms with Crippen LogP contribution in [0, 0.1) is 5.82 Å². The first-order valence-electron chi connectivity index (χ1n) is 5.58. The third-order valence-electron chi connectivity index (χ3n) is 2.67. The van der Waals surface area contributed by atoms with E-state index >= 15 is 0 Å². The maximum absolute atomic E-state index is 13.0. The monoisotopic (exact) mass is 266 g/mol. The molecule has 1 aliphatic heterocycles. The van der Waals surface area contributed by atoms with Crippen molar-refractivity contribution in [3.8, 4) is 0 Å². The van der Waals surface area contributed by atoms with Gasteiger partial charge in [-0.2, -0.15) is 0 Å². The van der Waals surface area contributed by atoms with Gasteiger partial charge >= 0.3 is 0 Å². The number of aliphatic hydroxyl groups is 1. The lowest BCUT2D eigenvalue weighted by Crippen LogP contribution is -2.40. The molecule has 2 rings (SSSR count). The molecule has 0 radical (unpaired) electrons. The van der Waals surface area contributed by atoms with Crippen LogP contribution in [0.15, 0.2) is 18.2 Å². The highest BCUT2D eigenvalue weighted by atomic mass is 19.1. The molecule has 2 N–H and O–H groups in total. The van der Waals surface area contributed by atoms with Crippen molar-refractivity contribution in [2.75, 3.05) is 24.6 Å². The fourth-order valence-corrected chi connectivity index (χ4v) is 1.82. The second-order valence-electron chi connectivity index (χ2n) is 3.96. The molecule has 1 aromatic rings. The molecular formula is C12H11FN2O4. The fraction of sp³-hybridized carbons (Fsp3) is 0.250. The largest absolute Gasteiger partial charge is 0.395 e. The summed E-state index contributed by atoms with van der Waals surface area (Å²) in [4.78, 5) is 35.8. The normalized spacial score (nSPS) is 13.7. The Morgan fingerprint density at radius 3 is 2.79 bits per heavy atom. The number of hydrogen-bond donors (Lipinski definition) is 2. The van der Waals surface area contributed by atoms with Gasteiger partial charge in [0.25, 0.3) is 11.7 Å². The van der Waals surface area contributed by atoms with Gasteiger partial charge in [0.2, 0.25) is 5.91 Å². The minimum atomic E-state index is -0.861. The number of benzene rings is 1. The number of rotatable bonds is 4. The molecule has 0 fully saturated rings. The molecule has 0 bridgehead atoms. The number of hydrogen-bond acceptors (Lipinski definition) is 4. The molecule has 6 nitrogen and oxygen atoms in total. The Balaban J connectivity index is 2.21. The Labute approximate surface area is 107 Å². The molecule has 7 heteroatoms. The Bertz CT molecular complexity index is 559. The van der Waals surface area contributed by atoms with Gasteiger partial charge in [-0.25, -0.2) is 4.39 Å². The number of fused-ring (bicyclic) bond motifs is 1. The summed E-state index contributed by atoms with van der Waals surface area (Å²) in [6, 6.07) is 3.37. The first-order chi connectivity index (χ1) is 9.04.